The van der Waals surface area contributed by atoms with E-state index in [2.05, 4.69) is 12.2 Å². The maximum atomic E-state index is 10.6. The van der Waals surface area contributed by atoms with Gasteiger partial charge in [-0.3, -0.25) is 4.79 Å². The number of rotatable bonds is 4. The molecular weight excluding hydrogens is 185 g/mol. The fourth-order valence-electron chi connectivity index (χ4n) is 0.661. The number of hydrogen-bond acceptors (Lipinski definition) is 1. The minimum absolute atomic E-state index is 0. The molecule has 1 amide bonds. The van der Waals surface area contributed by atoms with Crippen molar-refractivity contribution in [1.29, 1.82) is 0 Å². The lowest BCUT2D eigenvalue weighted by atomic mass is 10.2. The third-order valence-electron chi connectivity index (χ3n) is 1.29. The lowest BCUT2D eigenvalue weighted by Gasteiger charge is -1.96. The van der Waals surface area contributed by atoms with Crippen molar-refractivity contribution in [3.05, 3.63) is 0 Å². The summed E-state index contributed by atoms with van der Waals surface area (Å²) in [7, 11) is 1.67. The zero-order valence-electron chi connectivity index (χ0n) is 7.05. The van der Waals surface area contributed by atoms with Crippen LogP contribution in [0.5, 0.6) is 0 Å². The molecule has 0 aliphatic rings. The van der Waals surface area contributed by atoms with Crippen LogP contribution in [0, 0.1) is 0 Å². The molecule has 0 bridgehead atoms. The van der Waals surface area contributed by atoms with Gasteiger partial charge in [0.25, 0.3) is 0 Å². The number of carbonyl (C=O) groups excluding carboxylic acids is 1. The summed E-state index contributed by atoms with van der Waals surface area (Å²) in [5.41, 5.74) is 0. The number of amides is 1. The Hall–Kier alpha value is 0.0500. The van der Waals surface area contributed by atoms with Gasteiger partial charge in [-0.2, -0.15) is 0 Å². The van der Waals surface area contributed by atoms with Crippen molar-refractivity contribution in [3.8, 4) is 0 Å². The number of hydrogen-bond donors (Lipinski definition) is 1. The molecule has 1 N–H and O–H groups in total. The fraction of sp³-hybridized carbons (Fsp3) is 0.857. The summed E-state index contributed by atoms with van der Waals surface area (Å²) in [6.45, 7) is 2.13. The van der Waals surface area contributed by atoms with Crippen LogP contribution in [-0.2, 0) is 4.79 Å². The van der Waals surface area contributed by atoms with Gasteiger partial charge in [-0.15, -0.1) is 24.8 Å². The summed E-state index contributed by atoms with van der Waals surface area (Å²) >= 11 is 0. The maximum Gasteiger partial charge on any atom is 0.219 e. The molecule has 0 aliphatic carbocycles. The van der Waals surface area contributed by atoms with Crippen LogP contribution in [0.4, 0.5) is 0 Å². The molecule has 0 spiro atoms. The fourth-order valence-corrected chi connectivity index (χ4v) is 0.661. The van der Waals surface area contributed by atoms with Crippen molar-refractivity contribution in [2.75, 3.05) is 7.05 Å². The van der Waals surface area contributed by atoms with Crippen LogP contribution in [0.1, 0.15) is 32.6 Å². The van der Waals surface area contributed by atoms with E-state index < -0.39 is 0 Å². The van der Waals surface area contributed by atoms with Crippen molar-refractivity contribution in [2.24, 2.45) is 0 Å². The zero-order chi connectivity index (χ0) is 7.11. The molecule has 0 heterocycles. The molecule has 0 atom stereocenters. The van der Waals surface area contributed by atoms with Crippen molar-refractivity contribution < 1.29 is 4.79 Å². The Balaban J connectivity index is -0.000000320. The van der Waals surface area contributed by atoms with Crippen LogP contribution in [0.2, 0.25) is 0 Å². The van der Waals surface area contributed by atoms with Crippen LogP contribution < -0.4 is 5.32 Å². The summed E-state index contributed by atoms with van der Waals surface area (Å²) in [6.07, 6.45) is 4.05. The first kappa shape index (κ1) is 17.2. The Bertz CT molecular complexity index is 88.5. The minimum Gasteiger partial charge on any atom is -0.359 e. The van der Waals surface area contributed by atoms with Gasteiger partial charge < -0.3 is 5.32 Å². The first-order chi connectivity index (χ1) is 4.31. The number of carbonyl (C=O) groups is 1. The van der Waals surface area contributed by atoms with Crippen LogP contribution in [0.25, 0.3) is 0 Å². The predicted molar refractivity (Wildman–Crippen MR) is 52.7 cm³/mol. The Labute approximate surface area is 80.9 Å². The van der Waals surface area contributed by atoms with Crippen LogP contribution in [0.15, 0.2) is 0 Å². The average Bonchev–Trinajstić information content (AvgIpc) is 1.89. The van der Waals surface area contributed by atoms with Gasteiger partial charge in [0, 0.05) is 13.5 Å². The molecule has 0 radical (unpaired) electrons. The van der Waals surface area contributed by atoms with Crippen molar-refractivity contribution in [3.63, 3.8) is 0 Å². The standard InChI is InChI=1S/C7H15NO.2ClH/c1-3-4-5-6-7(9)8-2;;/h3-6H2,1-2H3,(H,8,9);2*1H. The van der Waals surface area contributed by atoms with Gasteiger partial charge in [0.2, 0.25) is 5.91 Å². The molecule has 2 nitrogen and oxygen atoms in total. The summed E-state index contributed by atoms with van der Waals surface area (Å²) in [5, 5.41) is 2.58. The summed E-state index contributed by atoms with van der Waals surface area (Å²) in [6, 6.07) is 0. The van der Waals surface area contributed by atoms with Gasteiger partial charge >= 0.3 is 0 Å². The second-order valence-electron chi connectivity index (χ2n) is 2.13. The van der Waals surface area contributed by atoms with Gasteiger partial charge in [0.15, 0.2) is 0 Å². The third kappa shape index (κ3) is 13.1. The highest BCUT2D eigenvalue weighted by Gasteiger charge is 1.94. The minimum atomic E-state index is 0. The van der Waals surface area contributed by atoms with Crippen LogP contribution in [0.3, 0.4) is 0 Å². The lowest BCUT2D eigenvalue weighted by molar-refractivity contribution is -0.120. The van der Waals surface area contributed by atoms with Crippen molar-refractivity contribution in [2.45, 2.75) is 32.6 Å². The molecule has 11 heavy (non-hydrogen) atoms. The molecule has 0 saturated carbocycles. The van der Waals surface area contributed by atoms with Gasteiger partial charge in [-0.1, -0.05) is 19.8 Å². The lowest BCUT2D eigenvalue weighted by Crippen LogP contribution is -2.16. The van der Waals surface area contributed by atoms with Gasteiger partial charge in [0.05, 0.1) is 0 Å². The van der Waals surface area contributed by atoms with E-state index in [4.69, 9.17) is 0 Å². The van der Waals surface area contributed by atoms with Gasteiger partial charge in [-0.25, -0.2) is 0 Å². The predicted octanol–water partition coefficient (Wildman–Crippen LogP) is 2.16. The zero-order valence-corrected chi connectivity index (χ0v) is 8.69. The Morgan fingerprint density at radius 3 is 2.18 bits per heavy atom. The number of halogens is 2. The summed E-state index contributed by atoms with van der Waals surface area (Å²) in [4.78, 5) is 10.6. The monoisotopic (exact) mass is 201 g/mol. The highest BCUT2D eigenvalue weighted by molar-refractivity contribution is 5.85. The molecule has 0 aliphatic heterocycles. The molecular formula is C7H17Cl2NO. The SMILES string of the molecule is CCCCCC(=O)NC.Cl.Cl. The number of unbranched alkanes of at least 4 members (excludes halogenated alkanes) is 2. The number of nitrogens with one attached hydrogen (secondary N) is 1. The normalized spacial score (nSPS) is 7.45. The molecule has 70 valence electrons. The van der Waals surface area contributed by atoms with E-state index in [-0.39, 0.29) is 30.7 Å². The highest BCUT2D eigenvalue weighted by Crippen LogP contribution is 1.97. The Morgan fingerprint density at radius 2 is 1.82 bits per heavy atom. The summed E-state index contributed by atoms with van der Waals surface area (Å²) in [5.74, 6) is 0.156. The van der Waals surface area contributed by atoms with E-state index in [0.717, 1.165) is 12.8 Å². The second-order valence-corrected chi connectivity index (χ2v) is 2.13. The Kier molecular flexibility index (Phi) is 19.9. The van der Waals surface area contributed by atoms with E-state index in [1.807, 2.05) is 0 Å². The molecule has 0 unspecified atom stereocenters. The molecule has 0 aromatic heterocycles. The molecule has 0 aromatic carbocycles. The van der Waals surface area contributed by atoms with E-state index >= 15 is 0 Å². The molecule has 0 rings (SSSR count). The third-order valence-corrected chi connectivity index (χ3v) is 1.29. The highest BCUT2D eigenvalue weighted by atomic mass is 35.5. The quantitative estimate of drug-likeness (QED) is 0.695. The van der Waals surface area contributed by atoms with Gasteiger partial charge in [0.1, 0.15) is 0 Å². The smallest absolute Gasteiger partial charge is 0.219 e. The van der Waals surface area contributed by atoms with Gasteiger partial charge in [-0.05, 0) is 6.42 Å². The van der Waals surface area contributed by atoms with Crippen molar-refractivity contribution in [1.82, 2.24) is 5.32 Å². The maximum absolute atomic E-state index is 10.6. The van der Waals surface area contributed by atoms with E-state index in [0.29, 0.717) is 6.42 Å². The second kappa shape index (κ2) is 12.7. The molecule has 0 aromatic rings. The average molecular weight is 202 g/mol. The van der Waals surface area contributed by atoms with Crippen LogP contribution >= 0.6 is 24.8 Å². The van der Waals surface area contributed by atoms with Crippen LogP contribution in [-0.4, -0.2) is 13.0 Å². The van der Waals surface area contributed by atoms with E-state index in [1.54, 1.807) is 7.05 Å². The topological polar surface area (TPSA) is 29.1 Å². The summed E-state index contributed by atoms with van der Waals surface area (Å²) < 4.78 is 0. The van der Waals surface area contributed by atoms with E-state index in [1.165, 1.54) is 6.42 Å². The molecule has 4 heteroatoms. The Morgan fingerprint density at radius 1 is 1.27 bits per heavy atom. The molecule has 0 fully saturated rings. The van der Waals surface area contributed by atoms with Crippen molar-refractivity contribution >= 4 is 30.7 Å². The first-order valence-corrected chi connectivity index (χ1v) is 3.51. The first-order valence-electron chi connectivity index (χ1n) is 3.51. The van der Waals surface area contributed by atoms with E-state index in [9.17, 15) is 4.79 Å². The molecule has 0 saturated heterocycles. The largest absolute Gasteiger partial charge is 0.359 e.